The molecule has 0 fully saturated rings. The number of nitro benzene ring substituents is 1. The Hall–Kier alpha value is -5.31. The second-order valence-corrected chi connectivity index (χ2v) is 8.09. The molecule has 0 aromatic heterocycles. The molecule has 1 N–H and O–H groups in total. The molecule has 0 aliphatic carbocycles. The third-order valence-electron chi connectivity index (χ3n) is 5.68. The van der Waals surface area contributed by atoms with Gasteiger partial charge in [-0.05, 0) is 48.5 Å². The van der Waals surface area contributed by atoms with Crippen LogP contribution in [0.15, 0.2) is 103 Å². The van der Waals surface area contributed by atoms with Gasteiger partial charge in [0.25, 0.3) is 11.6 Å². The van der Waals surface area contributed by atoms with Crippen molar-refractivity contribution in [1.29, 1.82) is 0 Å². The third kappa shape index (κ3) is 5.90. The minimum Gasteiger partial charge on any atom is -0.497 e. The summed E-state index contributed by atoms with van der Waals surface area (Å²) in [6.07, 6.45) is -1.24. The number of rotatable bonds is 9. The summed E-state index contributed by atoms with van der Waals surface area (Å²) in [5.41, 5.74) is 1.01. The monoisotopic (exact) mass is 510 g/mol. The van der Waals surface area contributed by atoms with Gasteiger partial charge in [0, 0.05) is 28.8 Å². The van der Waals surface area contributed by atoms with Crippen molar-refractivity contribution in [1.82, 2.24) is 0 Å². The van der Waals surface area contributed by atoms with Crippen LogP contribution < -0.4 is 10.1 Å². The van der Waals surface area contributed by atoms with Crippen molar-refractivity contribution in [2.75, 3.05) is 12.4 Å². The van der Waals surface area contributed by atoms with E-state index in [-0.39, 0.29) is 22.5 Å². The molecule has 9 heteroatoms. The summed E-state index contributed by atoms with van der Waals surface area (Å²) in [5.74, 6) is -1.25. The highest BCUT2D eigenvalue weighted by Crippen LogP contribution is 2.27. The predicted octanol–water partition coefficient (Wildman–Crippen LogP) is 5.64. The number of methoxy groups -OCH3 is 1. The van der Waals surface area contributed by atoms with E-state index < -0.39 is 28.7 Å². The summed E-state index contributed by atoms with van der Waals surface area (Å²) in [5, 5.41) is 13.5. The molecule has 1 amide bonds. The van der Waals surface area contributed by atoms with E-state index in [2.05, 4.69) is 5.32 Å². The van der Waals surface area contributed by atoms with E-state index in [1.54, 1.807) is 66.7 Å². The molecule has 1 unspecified atom stereocenters. The van der Waals surface area contributed by atoms with Gasteiger partial charge in [0.1, 0.15) is 5.75 Å². The Morgan fingerprint density at radius 3 is 2.03 bits per heavy atom. The molecule has 38 heavy (non-hydrogen) atoms. The summed E-state index contributed by atoms with van der Waals surface area (Å²) in [4.78, 5) is 49.8. The summed E-state index contributed by atoms with van der Waals surface area (Å²) < 4.78 is 10.9. The lowest BCUT2D eigenvalue weighted by Crippen LogP contribution is -2.22. The number of hydrogen-bond donors (Lipinski definition) is 1. The number of carbonyl (C=O) groups is 3. The molecule has 0 saturated heterocycles. The molecule has 190 valence electrons. The van der Waals surface area contributed by atoms with Crippen molar-refractivity contribution in [3.8, 4) is 5.75 Å². The van der Waals surface area contributed by atoms with E-state index in [9.17, 15) is 24.5 Å². The van der Waals surface area contributed by atoms with Crippen LogP contribution in [0, 0.1) is 10.1 Å². The number of esters is 1. The number of benzene rings is 4. The van der Waals surface area contributed by atoms with Crippen molar-refractivity contribution < 1.29 is 28.8 Å². The highest BCUT2D eigenvalue weighted by molar-refractivity contribution is 6.09. The maximum Gasteiger partial charge on any atom is 0.341 e. The SMILES string of the molecule is COc1ccc(C(=O)C(OC(=O)c2ccccc2NC(=O)c2ccc([N+](=O)[O-])cc2)c2ccccc2)cc1. The third-order valence-corrected chi connectivity index (χ3v) is 5.68. The van der Waals surface area contributed by atoms with E-state index in [0.29, 0.717) is 16.9 Å². The van der Waals surface area contributed by atoms with E-state index in [1.807, 2.05) is 0 Å². The molecule has 4 aromatic rings. The van der Waals surface area contributed by atoms with Gasteiger partial charge in [0.05, 0.1) is 23.3 Å². The molecule has 4 aromatic carbocycles. The van der Waals surface area contributed by atoms with Crippen LogP contribution in [-0.2, 0) is 4.74 Å². The van der Waals surface area contributed by atoms with Crippen molar-refractivity contribution >= 4 is 29.0 Å². The van der Waals surface area contributed by atoms with E-state index >= 15 is 0 Å². The molecule has 0 aliphatic rings. The minimum atomic E-state index is -1.24. The standard InChI is InChI=1S/C29H22N2O7/c1-37-23-17-13-19(14-18-23)26(32)27(20-7-3-2-4-8-20)38-29(34)24-9-5-6-10-25(24)30-28(33)21-11-15-22(16-12-21)31(35)36/h2-18,27H,1H3,(H,30,33). The fraction of sp³-hybridized carbons (Fsp3) is 0.0690. The first-order valence-electron chi connectivity index (χ1n) is 11.5. The Balaban J connectivity index is 1.59. The Kier molecular flexibility index (Phi) is 7.88. The molecule has 0 aliphatic heterocycles. The van der Waals surface area contributed by atoms with Crippen LogP contribution in [0.25, 0.3) is 0 Å². The normalized spacial score (nSPS) is 11.2. The zero-order chi connectivity index (χ0) is 27.1. The topological polar surface area (TPSA) is 125 Å². The zero-order valence-electron chi connectivity index (χ0n) is 20.2. The second kappa shape index (κ2) is 11.6. The lowest BCUT2D eigenvalue weighted by atomic mass is 9.99. The van der Waals surface area contributed by atoms with Gasteiger partial charge in [-0.25, -0.2) is 4.79 Å². The van der Waals surface area contributed by atoms with Crippen LogP contribution in [0.5, 0.6) is 5.75 Å². The Labute approximate surface area is 217 Å². The number of hydrogen-bond acceptors (Lipinski definition) is 7. The molecule has 9 nitrogen and oxygen atoms in total. The van der Waals surface area contributed by atoms with E-state index in [1.165, 1.54) is 43.5 Å². The first kappa shape index (κ1) is 25.8. The number of carbonyl (C=O) groups excluding carboxylic acids is 3. The predicted molar refractivity (Wildman–Crippen MR) is 139 cm³/mol. The Bertz CT molecular complexity index is 1470. The van der Waals surface area contributed by atoms with Gasteiger partial charge < -0.3 is 14.8 Å². The first-order chi connectivity index (χ1) is 18.4. The quantitative estimate of drug-likeness (QED) is 0.134. The number of nitrogens with one attached hydrogen (secondary N) is 1. The number of para-hydroxylation sites is 1. The molecule has 1 atom stereocenters. The van der Waals surface area contributed by atoms with Crippen molar-refractivity contribution in [2.45, 2.75) is 6.10 Å². The number of nitro groups is 1. The summed E-state index contributed by atoms with van der Waals surface area (Å²) in [7, 11) is 1.52. The molecule has 0 saturated carbocycles. The van der Waals surface area contributed by atoms with Gasteiger partial charge in [-0.3, -0.25) is 19.7 Å². The number of amides is 1. The number of Topliss-reactive ketones (excluding diaryl/α,β-unsaturated/α-hetero) is 1. The average molecular weight is 511 g/mol. The average Bonchev–Trinajstić information content (AvgIpc) is 2.96. The van der Waals surface area contributed by atoms with Crippen molar-refractivity contribution in [3.05, 3.63) is 135 Å². The minimum absolute atomic E-state index is 0.0335. The van der Waals surface area contributed by atoms with Gasteiger partial charge in [-0.15, -0.1) is 0 Å². The van der Waals surface area contributed by atoms with Crippen molar-refractivity contribution in [3.63, 3.8) is 0 Å². The Morgan fingerprint density at radius 2 is 1.39 bits per heavy atom. The van der Waals surface area contributed by atoms with Gasteiger partial charge in [-0.2, -0.15) is 0 Å². The zero-order valence-corrected chi connectivity index (χ0v) is 20.2. The molecule has 0 spiro atoms. The summed E-state index contributed by atoms with van der Waals surface area (Å²) in [6.45, 7) is 0. The number of nitrogens with zero attached hydrogens (tertiary/aromatic N) is 1. The van der Waals surface area contributed by atoms with Gasteiger partial charge in [0.15, 0.2) is 6.10 Å². The largest absolute Gasteiger partial charge is 0.497 e. The molecule has 0 heterocycles. The van der Waals surface area contributed by atoms with Crippen molar-refractivity contribution in [2.24, 2.45) is 0 Å². The van der Waals surface area contributed by atoms with Crippen LogP contribution in [-0.4, -0.2) is 29.7 Å². The van der Waals surface area contributed by atoms with Gasteiger partial charge >= 0.3 is 5.97 Å². The lowest BCUT2D eigenvalue weighted by Gasteiger charge is -2.19. The Morgan fingerprint density at radius 1 is 0.789 bits per heavy atom. The van der Waals surface area contributed by atoms with Crippen LogP contribution in [0.3, 0.4) is 0 Å². The second-order valence-electron chi connectivity index (χ2n) is 8.09. The molecule has 4 rings (SSSR count). The molecule has 0 radical (unpaired) electrons. The van der Waals surface area contributed by atoms with Crippen LogP contribution in [0.4, 0.5) is 11.4 Å². The first-order valence-corrected chi connectivity index (χ1v) is 11.5. The van der Waals surface area contributed by atoms with Gasteiger partial charge in [0.2, 0.25) is 5.78 Å². The number of ether oxygens (including phenoxy) is 2. The highest BCUT2D eigenvalue weighted by atomic mass is 16.6. The lowest BCUT2D eigenvalue weighted by molar-refractivity contribution is -0.384. The fourth-order valence-electron chi connectivity index (χ4n) is 3.68. The van der Waals surface area contributed by atoms with Crippen LogP contribution in [0.2, 0.25) is 0 Å². The van der Waals surface area contributed by atoms with E-state index in [4.69, 9.17) is 9.47 Å². The number of non-ortho nitro benzene ring substituents is 1. The maximum absolute atomic E-state index is 13.4. The molecular formula is C29H22N2O7. The van der Waals surface area contributed by atoms with Crippen LogP contribution in [0.1, 0.15) is 42.7 Å². The molecule has 0 bridgehead atoms. The molecular weight excluding hydrogens is 488 g/mol. The fourth-order valence-corrected chi connectivity index (χ4v) is 3.68. The van der Waals surface area contributed by atoms with Crippen LogP contribution >= 0.6 is 0 Å². The maximum atomic E-state index is 13.4. The number of ketones is 1. The highest BCUT2D eigenvalue weighted by Gasteiger charge is 2.28. The number of anilines is 1. The smallest absolute Gasteiger partial charge is 0.341 e. The van der Waals surface area contributed by atoms with Gasteiger partial charge in [-0.1, -0.05) is 42.5 Å². The summed E-state index contributed by atoms with van der Waals surface area (Å²) >= 11 is 0. The summed E-state index contributed by atoms with van der Waals surface area (Å²) in [6, 6.07) is 26.3. The van der Waals surface area contributed by atoms with E-state index in [0.717, 1.165) is 0 Å².